The molecule has 0 fully saturated rings. The SMILES string of the molecule is FC(F)(F)c1ccc(SC2c3ccccc3-c3ccccc32)nc1. The van der Waals surface area contributed by atoms with Crippen LogP contribution in [0.2, 0.25) is 0 Å². The Labute approximate surface area is 141 Å². The Morgan fingerprint density at radius 2 is 1.38 bits per heavy atom. The first-order chi connectivity index (χ1) is 11.5. The monoisotopic (exact) mass is 343 g/mol. The molecule has 24 heavy (non-hydrogen) atoms. The van der Waals surface area contributed by atoms with Crippen LogP contribution >= 0.6 is 11.8 Å². The topological polar surface area (TPSA) is 12.9 Å². The quantitative estimate of drug-likeness (QED) is 0.569. The summed E-state index contributed by atoms with van der Waals surface area (Å²) >= 11 is 1.48. The highest BCUT2D eigenvalue weighted by Gasteiger charge is 2.32. The summed E-state index contributed by atoms with van der Waals surface area (Å²) in [5.74, 6) is 0. The third-order valence-electron chi connectivity index (χ3n) is 4.08. The number of alkyl halides is 3. The normalized spacial score (nSPS) is 13.6. The van der Waals surface area contributed by atoms with Gasteiger partial charge in [-0.25, -0.2) is 4.98 Å². The zero-order chi connectivity index (χ0) is 16.7. The molecule has 0 unspecified atom stereocenters. The molecule has 0 saturated heterocycles. The molecule has 1 heterocycles. The van der Waals surface area contributed by atoms with Crippen molar-refractivity contribution in [2.45, 2.75) is 16.5 Å². The van der Waals surface area contributed by atoms with Gasteiger partial charge in [0.15, 0.2) is 0 Å². The van der Waals surface area contributed by atoms with Crippen molar-refractivity contribution in [2.24, 2.45) is 0 Å². The van der Waals surface area contributed by atoms with Gasteiger partial charge >= 0.3 is 6.18 Å². The van der Waals surface area contributed by atoms with Gasteiger partial charge in [-0.3, -0.25) is 0 Å². The molecule has 2 aromatic carbocycles. The highest BCUT2D eigenvalue weighted by molar-refractivity contribution is 7.99. The molecular formula is C19H12F3NS. The van der Waals surface area contributed by atoms with Crippen LogP contribution in [0.5, 0.6) is 0 Å². The van der Waals surface area contributed by atoms with Crippen LogP contribution in [0.4, 0.5) is 13.2 Å². The van der Waals surface area contributed by atoms with Crippen LogP contribution < -0.4 is 0 Å². The van der Waals surface area contributed by atoms with E-state index >= 15 is 0 Å². The van der Waals surface area contributed by atoms with Gasteiger partial charge in [-0.15, -0.1) is 0 Å². The minimum atomic E-state index is -4.36. The maximum Gasteiger partial charge on any atom is 0.417 e. The zero-order valence-corrected chi connectivity index (χ0v) is 13.2. The smallest absolute Gasteiger partial charge is 0.249 e. The van der Waals surface area contributed by atoms with E-state index in [9.17, 15) is 13.2 Å². The second-order valence-electron chi connectivity index (χ2n) is 5.56. The predicted molar refractivity (Wildman–Crippen MR) is 88.8 cm³/mol. The molecule has 1 aromatic heterocycles. The van der Waals surface area contributed by atoms with Crippen molar-refractivity contribution in [3.8, 4) is 11.1 Å². The maximum atomic E-state index is 12.7. The van der Waals surface area contributed by atoms with E-state index < -0.39 is 11.7 Å². The zero-order valence-electron chi connectivity index (χ0n) is 12.4. The Morgan fingerprint density at radius 1 is 0.792 bits per heavy atom. The largest absolute Gasteiger partial charge is 0.417 e. The van der Waals surface area contributed by atoms with Gasteiger partial charge in [0, 0.05) is 6.20 Å². The van der Waals surface area contributed by atoms with Crippen molar-refractivity contribution < 1.29 is 13.2 Å². The summed E-state index contributed by atoms with van der Waals surface area (Å²) in [7, 11) is 0. The van der Waals surface area contributed by atoms with Crippen LogP contribution in [0, 0.1) is 0 Å². The molecule has 3 aromatic rings. The fourth-order valence-corrected chi connectivity index (χ4v) is 4.14. The Hall–Kier alpha value is -2.27. The summed E-state index contributed by atoms with van der Waals surface area (Å²) in [4.78, 5) is 4.00. The molecule has 0 radical (unpaired) electrons. The van der Waals surface area contributed by atoms with E-state index in [1.165, 1.54) is 40.1 Å². The van der Waals surface area contributed by atoms with Crippen LogP contribution in [-0.2, 0) is 6.18 Å². The molecule has 0 amide bonds. The van der Waals surface area contributed by atoms with Crippen molar-refractivity contribution in [3.05, 3.63) is 83.6 Å². The highest BCUT2D eigenvalue weighted by Crippen LogP contribution is 2.51. The van der Waals surface area contributed by atoms with Gasteiger partial charge in [0.1, 0.15) is 0 Å². The van der Waals surface area contributed by atoms with Crippen LogP contribution in [0.15, 0.2) is 71.9 Å². The van der Waals surface area contributed by atoms with E-state index in [0.29, 0.717) is 5.03 Å². The number of thioether (sulfide) groups is 1. The molecular weight excluding hydrogens is 331 g/mol. The summed E-state index contributed by atoms with van der Waals surface area (Å²) < 4.78 is 38.0. The number of halogens is 3. The first-order valence-electron chi connectivity index (χ1n) is 7.42. The number of fused-ring (bicyclic) bond motifs is 3. The summed E-state index contributed by atoms with van der Waals surface area (Å²) in [5, 5.41) is 0.626. The minimum absolute atomic E-state index is 0.0432. The van der Waals surface area contributed by atoms with Gasteiger partial charge in [0.05, 0.1) is 15.8 Å². The Kier molecular flexibility index (Phi) is 3.61. The number of benzene rings is 2. The molecule has 0 saturated carbocycles. The van der Waals surface area contributed by atoms with E-state index in [0.717, 1.165) is 12.3 Å². The molecule has 0 atom stereocenters. The second-order valence-corrected chi connectivity index (χ2v) is 6.68. The van der Waals surface area contributed by atoms with Crippen LogP contribution in [-0.4, -0.2) is 4.98 Å². The molecule has 1 nitrogen and oxygen atoms in total. The van der Waals surface area contributed by atoms with E-state index in [4.69, 9.17) is 0 Å². The fourth-order valence-electron chi connectivity index (χ4n) is 2.97. The Balaban J connectivity index is 1.70. The molecule has 0 spiro atoms. The van der Waals surface area contributed by atoms with E-state index in [2.05, 4.69) is 29.2 Å². The van der Waals surface area contributed by atoms with Gasteiger partial charge in [-0.1, -0.05) is 60.3 Å². The van der Waals surface area contributed by atoms with Crippen LogP contribution in [0.25, 0.3) is 11.1 Å². The molecule has 1 aliphatic carbocycles. The first-order valence-corrected chi connectivity index (χ1v) is 8.30. The van der Waals surface area contributed by atoms with E-state index in [-0.39, 0.29) is 5.25 Å². The average Bonchev–Trinajstić information content (AvgIpc) is 2.89. The van der Waals surface area contributed by atoms with Gasteiger partial charge < -0.3 is 0 Å². The fraction of sp³-hybridized carbons (Fsp3) is 0.105. The maximum absolute atomic E-state index is 12.7. The molecule has 0 N–H and O–H groups in total. The molecule has 5 heteroatoms. The minimum Gasteiger partial charge on any atom is -0.249 e. The van der Waals surface area contributed by atoms with Gasteiger partial charge in [-0.2, -0.15) is 13.2 Å². The molecule has 1 aliphatic rings. The first kappa shape index (κ1) is 15.3. The third kappa shape index (κ3) is 2.59. The summed E-state index contributed by atoms with van der Waals surface area (Å²) in [6, 6.07) is 18.8. The average molecular weight is 343 g/mol. The highest BCUT2D eigenvalue weighted by atomic mass is 32.2. The van der Waals surface area contributed by atoms with Gasteiger partial charge in [0.25, 0.3) is 0 Å². The van der Waals surface area contributed by atoms with Crippen molar-refractivity contribution in [1.82, 2.24) is 4.98 Å². The summed E-state index contributed by atoms with van der Waals surface area (Å²) in [6.45, 7) is 0. The second kappa shape index (κ2) is 5.67. The number of hydrogen-bond acceptors (Lipinski definition) is 2. The van der Waals surface area contributed by atoms with Gasteiger partial charge in [-0.05, 0) is 34.4 Å². The lowest BCUT2D eigenvalue weighted by Crippen LogP contribution is -2.05. The number of rotatable bonds is 2. The Morgan fingerprint density at radius 3 is 1.88 bits per heavy atom. The number of nitrogens with zero attached hydrogens (tertiary/aromatic N) is 1. The molecule has 0 aliphatic heterocycles. The molecule has 0 bridgehead atoms. The predicted octanol–water partition coefficient (Wildman–Crippen LogP) is 5.96. The number of pyridine rings is 1. The van der Waals surface area contributed by atoms with Gasteiger partial charge in [0.2, 0.25) is 0 Å². The van der Waals surface area contributed by atoms with E-state index in [1.807, 2.05) is 24.3 Å². The number of aromatic nitrogens is 1. The summed E-state index contributed by atoms with van der Waals surface area (Å²) in [6.07, 6.45) is -3.46. The summed E-state index contributed by atoms with van der Waals surface area (Å²) in [5.41, 5.74) is 3.98. The standard InChI is InChI=1S/C19H12F3NS/c20-19(21,22)12-9-10-17(23-11-12)24-18-15-7-3-1-5-13(15)14-6-2-4-8-16(14)18/h1-11,18H. The molecule has 4 rings (SSSR count). The molecule has 120 valence electrons. The van der Waals surface area contributed by atoms with Crippen molar-refractivity contribution in [3.63, 3.8) is 0 Å². The van der Waals surface area contributed by atoms with Crippen molar-refractivity contribution in [1.29, 1.82) is 0 Å². The lowest BCUT2D eigenvalue weighted by molar-refractivity contribution is -0.137. The lowest BCUT2D eigenvalue weighted by atomic mass is 10.1. The third-order valence-corrected chi connectivity index (χ3v) is 5.31. The van der Waals surface area contributed by atoms with Crippen molar-refractivity contribution in [2.75, 3.05) is 0 Å². The number of hydrogen-bond donors (Lipinski definition) is 0. The lowest BCUT2D eigenvalue weighted by Gasteiger charge is -2.13. The van der Waals surface area contributed by atoms with Crippen LogP contribution in [0.1, 0.15) is 21.9 Å². The van der Waals surface area contributed by atoms with E-state index in [1.54, 1.807) is 0 Å². The van der Waals surface area contributed by atoms with Crippen LogP contribution in [0.3, 0.4) is 0 Å². The Bertz CT molecular complexity index is 842. The van der Waals surface area contributed by atoms with Crippen molar-refractivity contribution >= 4 is 11.8 Å².